The van der Waals surface area contributed by atoms with E-state index >= 15 is 0 Å². The molecule has 1 fully saturated rings. The van der Waals surface area contributed by atoms with Gasteiger partial charge in [-0.2, -0.15) is 0 Å². The fourth-order valence-corrected chi connectivity index (χ4v) is 3.26. The Labute approximate surface area is 153 Å². The summed E-state index contributed by atoms with van der Waals surface area (Å²) in [4.78, 5) is 14.0. The summed E-state index contributed by atoms with van der Waals surface area (Å²) in [6.45, 7) is 2.83. The van der Waals surface area contributed by atoms with Crippen molar-refractivity contribution in [1.29, 1.82) is 0 Å². The Balaban J connectivity index is 1.67. The van der Waals surface area contributed by atoms with E-state index in [4.69, 9.17) is 16.3 Å². The van der Waals surface area contributed by atoms with E-state index in [1.165, 1.54) is 23.3 Å². The number of methoxy groups -OCH3 is 1. The maximum absolute atomic E-state index is 12.7. The Morgan fingerprint density at radius 3 is 2.60 bits per heavy atom. The van der Waals surface area contributed by atoms with Crippen molar-refractivity contribution in [3.05, 3.63) is 59.1 Å². The van der Waals surface area contributed by atoms with Crippen molar-refractivity contribution in [2.75, 3.05) is 12.4 Å². The molecule has 1 unspecified atom stereocenters. The van der Waals surface area contributed by atoms with Crippen LogP contribution in [0.2, 0.25) is 5.02 Å². The molecule has 2 N–H and O–H groups in total. The van der Waals surface area contributed by atoms with E-state index in [1.54, 1.807) is 19.2 Å². The Hall–Kier alpha value is -2.04. The second-order valence-electron chi connectivity index (χ2n) is 6.60. The number of anilines is 1. The van der Waals surface area contributed by atoms with Crippen molar-refractivity contribution < 1.29 is 14.4 Å². The minimum Gasteiger partial charge on any atom is -0.497 e. The van der Waals surface area contributed by atoms with Gasteiger partial charge in [-0.1, -0.05) is 17.7 Å². The first-order chi connectivity index (χ1) is 12.1. The maximum atomic E-state index is 12.7. The molecule has 0 radical (unpaired) electrons. The van der Waals surface area contributed by atoms with Crippen LogP contribution in [-0.4, -0.2) is 25.1 Å². The number of ether oxygens (including phenoxy) is 1. The highest BCUT2D eigenvalue weighted by molar-refractivity contribution is 6.30. The van der Waals surface area contributed by atoms with E-state index < -0.39 is 0 Å². The Kier molecular flexibility index (Phi) is 5.61. The fraction of sp³-hybridized carbons (Fsp3) is 0.350. The van der Waals surface area contributed by atoms with Crippen LogP contribution in [0.15, 0.2) is 48.5 Å². The molecule has 3 rings (SSSR count). The van der Waals surface area contributed by atoms with E-state index in [1.807, 2.05) is 31.2 Å². The molecule has 2 aromatic carbocycles. The lowest BCUT2D eigenvalue weighted by Crippen LogP contribution is -3.16. The summed E-state index contributed by atoms with van der Waals surface area (Å²) in [5, 5.41) is 3.61. The van der Waals surface area contributed by atoms with Crippen molar-refractivity contribution in [3.63, 3.8) is 0 Å². The molecule has 2 aromatic rings. The predicted octanol–water partition coefficient (Wildman–Crippen LogP) is 2.92. The number of amides is 1. The van der Waals surface area contributed by atoms with Gasteiger partial charge in [-0.05, 0) is 49.4 Å². The Bertz CT molecular complexity index is 729. The monoisotopic (exact) mass is 359 g/mol. The van der Waals surface area contributed by atoms with E-state index in [0.29, 0.717) is 11.1 Å². The molecule has 1 amide bonds. The summed E-state index contributed by atoms with van der Waals surface area (Å²) in [5.74, 6) is 0.876. The summed E-state index contributed by atoms with van der Waals surface area (Å²) < 4.78 is 5.21. The van der Waals surface area contributed by atoms with Crippen LogP contribution in [-0.2, 0) is 11.3 Å². The number of quaternary nitrogens is 1. The number of hydrogen-bond donors (Lipinski definition) is 2. The normalized spacial score (nSPS) is 16.1. The predicted molar refractivity (Wildman–Crippen MR) is 100 cm³/mol. The van der Waals surface area contributed by atoms with Crippen LogP contribution in [0.4, 0.5) is 5.69 Å². The molecule has 25 heavy (non-hydrogen) atoms. The van der Waals surface area contributed by atoms with Crippen molar-refractivity contribution in [1.82, 2.24) is 0 Å². The van der Waals surface area contributed by atoms with Gasteiger partial charge in [0.15, 0.2) is 6.04 Å². The highest BCUT2D eigenvalue weighted by atomic mass is 35.5. The topological polar surface area (TPSA) is 42.8 Å². The van der Waals surface area contributed by atoms with Gasteiger partial charge in [0.1, 0.15) is 12.3 Å². The van der Waals surface area contributed by atoms with Crippen LogP contribution in [0.25, 0.3) is 0 Å². The summed E-state index contributed by atoms with van der Waals surface area (Å²) >= 11 is 6.00. The molecule has 4 nitrogen and oxygen atoms in total. The van der Waals surface area contributed by atoms with Crippen LogP contribution in [0.5, 0.6) is 5.75 Å². The molecule has 0 heterocycles. The zero-order valence-electron chi connectivity index (χ0n) is 14.6. The molecule has 1 saturated carbocycles. The summed E-state index contributed by atoms with van der Waals surface area (Å²) in [5.41, 5.74) is 1.95. The van der Waals surface area contributed by atoms with Gasteiger partial charge in [-0.25, -0.2) is 0 Å². The molecule has 0 bridgehead atoms. The number of hydrogen-bond acceptors (Lipinski definition) is 2. The third kappa shape index (κ3) is 4.74. The van der Waals surface area contributed by atoms with Crippen LogP contribution < -0.4 is 15.0 Å². The van der Waals surface area contributed by atoms with E-state index in [0.717, 1.165) is 18.0 Å². The first kappa shape index (κ1) is 17.8. The summed E-state index contributed by atoms with van der Waals surface area (Å²) in [6.07, 6.45) is 2.36. The summed E-state index contributed by atoms with van der Waals surface area (Å²) in [6, 6.07) is 15.8. The average Bonchev–Trinajstić information content (AvgIpc) is 3.44. The Morgan fingerprint density at radius 1 is 1.28 bits per heavy atom. The van der Waals surface area contributed by atoms with E-state index in [-0.39, 0.29) is 11.9 Å². The third-order valence-corrected chi connectivity index (χ3v) is 4.95. The number of nitrogens with one attached hydrogen (secondary N) is 2. The lowest BCUT2D eigenvalue weighted by molar-refractivity contribution is -0.938. The third-order valence-electron chi connectivity index (χ3n) is 4.71. The van der Waals surface area contributed by atoms with Crippen molar-refractivity contribution in [3.8, 4) is 5.75 Å². The van der Waals surface area contributed by atoms with Crippen LogP contribution in [0.3, 0.4) is 0 Å². The number of halogens is 1. The standard InChI is InChI=1S/C20H23ClN2O2/c1-14(20(24)22-17-5-3-4-16(21)12-17)23(18-8-9-18)13-15-6-10-19(25-2)11-7-15/h3-7,10-12,14,18H,8-9,13H2,1-2H3,(H,22,24)/p+1/t14-/m1/s1. The summed E-state index contributed by atoms with van der Waals surface area (Å²) in [7, 11) is 1.67. The van der Waals surface area contributed by atoms with Gasteiger partial charge < -0.3 is 15.0 Å². The highest BCUT2D eigenvalue weighted by Gasteiger charge is 2.39. The van der Waals surface area contributed by atoms with Crippen LogP contribution >= 0.6 is 11.6 Å². The molecule has 132 valence electrons. The molecule has 1 aliphatic carbocycles. The number of carbonyl (C=O) groups is 1. The van der Waals surface area contributed by atoms with Gasteiger partial charge in [0.25, 0.3) is 5.91 Å². The van der Waals surface area contributed by atoms with Crippen LogP contribution in [0, 0.1) is 0 Å². The molecule has 5 heteroatoms. The number of rotatable bonds is 7. The largest absolute Gasteiger partial charge is 0.497 e. The average molecular weight is 360 g/mol. The van der Waals surface area contributed by atoms with Gasteiger partial charge in [-0.3, -0.25) is 4.79 Å². The molecule has 0 aromatic heterocycles. The van der Waals surface area contributed by atoms with Gasteiger partial charge in [0, 0.05) is 29.1 Å². The van der Waals surface area contributed by atoms with E-state index in [2.05, 4.69) is 17.4 Å². The van der Waals surface area contributed by atoms with Crippen molar-refractivity contribution >= 4 is 23.2 Å². The smallest absolute Gasteiger partial charge is 0.282 e. The second-order valence-corrected chi connectivity index (χ2v) is 7.03. The first-order valence-corrected chi connectivity index (χ1v) is 8.99. The zero-order valence-corrected chi connectivity index (χ0v) is 15.3. The SMILES string of the molecule is COc1ccc(C[NH+](C2CC2)[C@H](C)C(=O)Nc2cccc(Cl)c2)cc1. The lowest BCUT2D eigenvalue weighted by Gasteiger charge is -2.25. The number of benzene rings is 2. The highest BCUT2D eigenvalue weighted by Crippen LogP contribution is 2.18. The minimum absolute atomic E-state index is 0.0256. The van der Waals surface area contributed by atoms with Gasteiger partial charge >= 0.3 is 0 Å². The molecule has 0 aliphatic heterocycles. The fourth-order valence-electron chi connectivity index (χ4n) is 3.07. The Morgan fingerprint density at radius 2 is 2.00 bits per heavy atom. The van der Waals surface area contributed by atoms with Crippen molar-refractivity contribution in [2.24, 2.45) is 0 Å². The molecule has 0 spiro atoms. The van der Waals surface area contributed by atoms with Gasteiger partial charge in [0.2, 0.25) is 0 Å². The molecule has 1 aliphatic rings. The zero-order chi connectivity index (χ0) is 17.8. The molecular formula is C20H24ClN2O2+. The quantitative estimate of drug-likeness (QED) is 0.798. The minimum atomic E-state index is -0.131. The van der Waals surface area contributed by atoms with Crippen LogP contribution in [0.1, 0.15) is 25.3 Å². The van der Waals surface area contributed by atoms with Crippen molar-refractivity contribution in [2.45, 2.75) is 38.4 Å². The van der Waals surface area contributed by atoms with Gasteiger partial charge in [0.05, 0.1) is 13.2 Å². The second kappa shape index (κ2) is 7.89. The maximum Gasteiger partial charge on any atom is 0.282 e. The number of carbonyl (C=O) groups excluding carboxylic acids is 1. The molecule has 2 atom stereocenters. The molecule has 0 saturated heterocycles. The lowest BCUT2D eigenvalue weighted by atomic mass is 10.1. The van der Waals surface area contributed by atoms with Gasteiger partial charge in [-0.15, -0.1) is 0 Å². The van der Waals surface area contributed by atoms with E-state index in [9.17, 15) is 4.79 Å². The molecular weight excluding hydrogens is 336 g/mol. The first-order valence-electron chi connectivity index (χ1n) is 8.62.